The summed E-state index contributed by atoms with van der Waals surface area (Å²) in [6.45, 7) is 4.15. The maximum Gasteiger partial charge on any atom is 0.241 e. The molecule has 5 rings (SSSR count). The van der Waals surface area contributed by atoms with Crippen molar-refractivity contribution in [1.29, 1.82) is 0 Å². The Balaban J connectivity index is 0.00000231. The van der Waals surface area contributed by atoms with Gasteiger partial charge in [0, 0.05) is 8.54 Å². The van der Waals surface area contributed by atoms with E-state index in [1.165, 1.54) is 13.0 Å². The van der Waals surface area contributed by atoms with Crippen molar-refractivity contribution in [1.82, 2.24) is 4.72 Å². The van der Waals surface area contributed by atoms with Crippen molar-refractivity contribution in [3.05, 3.63) is 71.3 Å². The zero-order chi connectivity index (χ0) is 28.0. The maximum atomic E-state index is 13.4. The monoisotopic (exact) mass is 556 g/mol. The van der Waals surface area contributed by atoms with Gasteiger partial charge in [0.15, 0.2) is 11.5 Å². The van der Waals surface area contributed by atoms with Gasteiger partial charge in [-0.3, -0.25) is 4.79 Å². The number of anilines is 1. The molecule has 1 heterocycles. The largest absolute Gasteiger partial charge is 0.454 e. The topological polar surface area (TPSA) is 134 Å². The predicted octanol–water partition coefficient (Wildman–Crippen LogP) is 3.88. The second-order valence-corrected chi connectivity index (χ2v) is 12.2. The number of aryl methyl sites for hydroxylation is 2. The third-order valence-electron chi connectivity index (χ3n) is 7.46. The molecular formula is C29H36N2O7S. The number of hydrogen-bond donors (Lipinski definition) is 4. The first-order valence-corrected chi connectivity index (χ1v) is 14.2. The number of nitrogens with one attached hydrogen (secondary N) is 2. The fourth-order valence-corrected chi connectivity index (χ4v) is 6.46. The number of sulfonamides is 1. The quantitative estimate of drug-likeness (QED) is 0.314. The Morgan fingerprint density at radius 3 is 2.36 bits per heavy atom. The van der Waals surface area contributed by atoms with Gasteiger partial charge in [-0.1, -0.05) is 24.3 Å². The van der Waals surface area contributed by atoms with Crippen LogP contribution >= 0.6 is 0 Å². The van der Waals surface area contributed by atoms with Crippen molar-refractivity contribution in [3.63, 3.8) is 0 Å². The predicted molar refractivity (Wildman–Crippen MR) is 151 cm³/mol. The lowest BCUT2D eigenvalue weighted by molar-refractivity contribution is -0.118. The van der Waals surface area contributed by atoms with Gasteiger partial charge in [0.05, 0.1) is 29.1 Å². The van der Waals surface area contributed by atoms with Crippen LogP contribution in [0.5, 0.6) is 11.5 Å². The standard InChI is InChI=1S/C29H32N2O7S.2H2/c1-18-4-7-22(30-27(34)29(10-11-29)21-6-8-24-25(13-21)38-17-37-24)14-23(18)20-5-9-26(19(2)12-20)39(35,36)31-28(3,15-32)16-33;;/h4-9,12-14,31-33H,10-11,15-17H2,1-3H3,(H,30,34);2*1H. The van der Waals surface area contributed by atoms with Gasteiger partial charge in [0.2, 0.25) is 22.7 Å². The van der Waals surface area contributed by atoms with Crippen molar-refractivity contribution < 1.29 is 35.8 Å². The highest BCUT2D eigenvalue weighted by Crippen LogP contribution is 2.51. The molecule has 1 aliphatic carbocycles. The SMILES string of the molecule is Cc1ccc(NC(=O)C2(c3ccc4c(c3)OCO4)CC2)cc1-c1ccc(S(=O)(=O)NC(C)(CO)CO)c(C)c1.[HH].[HH]. The van der Waals surface area contributed by atoms with E-state index in [1.807, 2.05) is 43.3 Å². The van der Waals surface area contributed by atoms with E-state index < -0.39 is 34.2 Å². The lowest BCUT2D eigenvalue weighted by atomic mass is 9.94. The van der Waals surface area contributed by atoms with Gasteiger partial charge in [-0.25, -0.2) is 13.1 Å². The first-order chi connectivity index (χ1) is 18.5. The van der Waals surface area contributed by atoms with Crippen LogP contribution in [0.4, 0.5) is 5.69 Å². The number of rotatable bonds is 9. The number of aliphatic hydroxyl groups is 2. The molecule has 0 bridgehead atoms. The van der Waals surface area contributed by atoms with Crippen LogP contribution in [0.3, 0.4) is 0 Å². The smallest absolute Gasteiger partial charge is 0.241 e. The number of fused-ring (bicyclic) bond motifs is 1. The van der Waals surface area contributed by atoms with Crippen LogP contribution in [0.2, 0.25) is 0 Å². The highest BCUT2D eigenvalue weighted by Gasteiger charge is 2.51. The molecule has 210 valence electrons. The average molecular weight is 557 g/mol. The molecule has 1 saturated carbocycles. The molecule has 10 heteroatoms. The van der Waals surface area contributed by atoms with Gasteiger partial charge >= 0.3 is 0 Å². The molecule has 0 spiro atoms. The number of ether oxygens (including phenoxy) is 2. The molecule has 39 heavy (non-hydrogen) atoms. The number of carbonyl (C=O) groups excluding carboxylic acids is 1. The van der Waals surface area contributed by atoms with E-state index in [9.17, 15) is 23.4 Å². The van der Waals surface area contributed by atoms with Crippen LogP contribution in [0.15, 0.2) is 59.5 Å². The molecule has 0 unspecified atom stereocenters. The fourth-order valence-electron chi connectivity index (χ4n) is 4.84. The first-order valence-electron chi connectivity index (χ1n) is 12.7. The van der Waals surface area contributed by atoms with Gasteiger partial charge in [0.1, 0.15) is 0 Å². The maximum absolute atomic E-state index is 13.4. The second-order valence-electron chi connectivity index (χ2n) is 10.6. The van der Waals surface area contributed by atoms with Crippen LogP contribution < -0.4 is 19.5 Å². The molecule has 4 N–H and O–H groups in total. The Morgan fingerprint density at radius 2 is 1.69 bits per heavy atom. The van der Waals surface area contributed by atoms with Gasteiger partial charge in [-0.05, 0) is 91.8 Å². The van der Waals surface area contributed by atoms with Crippen molar-refractivity contribution in [2.45, 2.75) is 49.5 Å². The minimum atomic E-state index is -3.99. The van der Waals surface area contributed by atoms with Gasteiger partial charge in [-0.15, -0.1) is 0 Å². The first kappa shape index (κ1) is 27.1. The lowest BCUT2D eigenvalue weighted by Crippen LogP contribution is -2.51. The summed E-state index contributed by atoms with van der Waals surface area (Å²) in [6, 6.07) is 16.3. The number of hydrogen-bond acceptors (Lipinski definition) is 7. The molecule has 2 aliphatic rings. The average Bonchev–Trinajstić information content (AvgIpc) is 3.59. The number of carbonyl (C=O) groups is 1. The Labute approximate surface area is 230 Å². The molecule has 1 aliphatic heterocycles. The third-order valence-corrected chi connectivity index (χ3v) is 9.26. The second kappa shape index (κ2) is 9.95. The Morgan fingerprint density at radius 1 is 0.974 bits per heavy atom. The zero-order valence-electron chi connectivity index (χ0n) is 22.1. The summed E-state index contributed by atoms with van der Waals surface area (Å²) in [6.07, 6.45) is 1.48. The molecule has 9 nitrogen and oxygen atoms in total. The normalized spacial score (nSPS) is 15.7. The number of aliphatic hydroxyl groups excluding tert-OH is 2. The van der Waals surface area contributed by atoms with Crippen LogP contribution in [0, 0.1) is 13.8 Å². The zero-order valence-corrected chi connectivity index (χ0v) is 22.9. The van der Waals surface area contributed by atoms with Crippen LogP contribution in [0.1, 0.15) is 39.3 Å². The summed E-state index contributed by atoms with van der Waals surface area (Å²) in [5, 5.41) is 22.1. The Kier molecular flexibility index (Phi) is 6.92. The minimum Gasteiger partial charge on any atom is -0.454 e. The lowest BCUT2D eigenvalue weighted by Gasteiger charge is -2.26. The summed E-state index contributed by atoms with van der Waals surface area (Å²) in [5.41, 5.74) is 2.68. The minimum absolute atomic E-state index is 0. The molecule has 3 aromatic rings. The van der Waals surface area contributed by atoms with E-state index in [0.29, 0.717) is 22.7 Å². The summed E-state index contributed by atoms with van der Waals surface area (Å²) in [4.78, 5) is 13.5. The Bertz CT molecular complexity index is 1550. The van der Waals surface area contributed by atoms with Gasteiger partial charge in [0.25, 0.3) is 0 Å². The number of benzene rings is 3. The van der Waals surface area contributed by atoms with E-state index in [4.69, 9.17) is 9.47 Å². The molecule has 0 atom stereocenters. The number of amides is 1. The van der Waals surface area contributed by atoms with E-state index in [2.05, 4.69) is 10.0 Å². The van der Waals surface area contributed by atoms with E-state index in [1.54, 1.807) is 19.1 Å². The highest BCUT2D eigenvalue weighted by atomic mass is 32.2. The van der Waals surface area contributed by atoms with Crippen LogP contribution in [-0.4, -0.2) is 50.1 Å². The van der Waals surface area contributed by atoms with Crippen molar-refractivity contribution >= 4 is 21.6 Å². The summed E-state index contributed by atoms with van der Waals surface area (Å²) >= 11 is 0. The summed E-state index contributed by atoms with van der Waals surface area (Å²) in [5.74, 6) is 1.24. The van der Waals surface area contributed by atoms with Crippen molar-refractivity contribution in [2.75, 3.05) is 25.3 Å². The van der Waals surface area contributed by atoms with Crippen LogP contribution in [0.25, 0.3) is 11.1 Å². The fraction of sp³-hybridized carbons (Fsp3) is 0.345. The molecule has 0 radical (unpaired) electrons. The third kappa shape index (κ3) is 5.12. The molecule has 3 aromatic carbocycles. The highest BCUT2D eigenvalue weighted by molar-refractivity contribution is 7.89. The molecule has 0 saturated heterocycles. The Hall–Kier alpha value is -3.44. The molecule has 1 fully saturated rings. The van der Waals surface area contributed by atoms with Gasteiger partial charge < -0.3 is 25.0 Å². The molecular weight excluding hydrogens is 520 g/mol. The van der Waals surface area contributed by atoms with E-state index >= 15 is 0 Å². The van der Waals surface area contributed by atoms with Crippen LogP contribution in [-0.2, 0) is 20.2 Å². The summed E-state index contributed by atoms with van der Waals surface area (Å²) in [7, 11) is -3.99. The van der Waals surface area contributed by atoms with E-state index in [-0.39, 0.29) is 20.4 Å². The van der Waals surface area contributed by atoms with Gasteiger partial charge in [-0.2, -0.15) is 0 Å². The molecule has 0 aromatic heterocycles. The van der Waals surface area contributed by atoms with Crippen molar-refractivity contribution in [3.8, 4) is 22.6 Å². The molecule has 1 amide bonds. The van der Waals surface area contributed by atoms with E-state index in [0.717, 1.165) is 35.1 Å². The summed E-state index contributed by atoms with van der Waals surface area (Å²) < 4.78 is 39.2. The van der Waals surface area contributed by atoms with Crippen molar-refractivity contribution in [2.24, 2.45) is 0 Å².